The van der Waals surface area contributed by atoms with Crippen LogP contribution < -0.4 is 10.6 Å². The third kappa shape index (κ3) is 7.11. The Balaban J connectivity index is 1.45. The Labute approximate surface area is 179 Å². The number of rotatable bonds is 10. The summed E-state index contributed by atoms with van der Waals surface area (Å²) < 4.78 is 7.24. The maximum atomic E-state index is 5.16. The number of nitrogens with one attached hydrogen (secondary N) is 2. The molecule has 0 atom stereocenters. The van der Waals surface area contributed by atoms with Gasteiger partial charge in [-0.2, -0.15) is 0 Å². The second kappa shape index (κ2) is 12.3. The molecule has 2 heterocycles. The lowest BCUT2D eigenvalue weighted by atomic mass is 10.0. The van der Waals surface area contributed by atoms with E-state index >= 15 is 0 Å². The molecule has 2 aromatic rings. The molecule has 0 spiro atoms. The van der Waals surface area contributed by atoms with Crippen molar-refractivity contribution in [2.75, 3.05) is 39.9 Å². The number of guanidine groups is 1. The van der Waals surface area contributed by atoms with E-state index < -0.39 is 0 Å². The molecule has 1 saturated heterocycles. The van der Waals surface area contributed by atoms with E-state index in [1.165, 1.54) is 5.56 Å². The van der Waals surface area contributed by atoms with Crippen LogP contribution in [0.2, 0.25) is 0 Å². The lowest BCUT2D eigenvalue weighted by molar-refractivity contribution is 0.198. The quantitative estimate of drug-likeness (QED) is 0.351. The van der Waals surface area contributed by atoms with Gasteiger partial charge < -0.3 is 19.9 Å². The zero-order valence-electron chi connectivity index (χ0n) is 18.3. The summed E-state index contributed by atoms with van der Waals surface area (Å²) >= 11 is 0. The molecule has 1 aromatic heterocycles. The van der Waals surface area contributed by atoms with Crippen molar-refractivity contribution in [3.63, 3.8) is 0 Å². The molecule has 164 valence electrons. The molecule has 3 rings (SSSR count). The van der Waals surface area contributed by atoms with Crippen LogP contribution in [0.3, 0.4) is 0 Å². The van der Waals surface area contributed by atoms with E-state index in [-0.39, 0.29) is 0 Å². The van der Waals surface area contributed by atoms with Crippen LogP contribution in [0.5, 0.6) is 0 Å². The molecular weight excluding hydrogens is 378 g/mol. The maximum Gasteiger partial charge on any atom is 0.191 e. The van der Waals surface area contributed by atoms with Gasteiger partial charge in [0.15, 0.2) is 5.96 Å². The summed E-state index contributed by atoms with van der Waals surface area (Å²) in [4.78, 5) is 7.20. The summed E-state index contributed by atoms with van der Waals surface area (Å²) in [6.07, 6.45) is 4.90. The molecule has 1 aliphatic heterocycles. The number of aliphatic imine (C=N–C) groups is 1. The lowest BCUT2D eigenvalue weighted by Crippen LogP contribution is -2.49. The largest absolute Gasteiger partial charge is 0.383 e. The number of aryl methyl sites for hydroxylation is 1. The summed E-state index contributed by atoms with van der Waals surface area (Å²) in [6.45, 7) is 8.17. The van der Waals surface area contributed by atoms with Crippen LogP contribution in [-0.4, -0.2) is 71.6 Å². The fourth-order valence-electron chi connectivity index (χ4n) is 3.71. The average molecular weight is 414 g/mol. The van der Waals surface area contributed by atoms with Crippen LogP contribution in [0.4, 0.5) is 0 Å². The third-order valence-electron chi connectivity index (χ3n) is 5.40. The Morgan fingerprint density at radius 2 is 2.03 bits per heavy atom. The predicted molar refractivity (Wildman–Crippen MR) is 119 cm³/mol. The molecule has 2 N–H and O–H groups in total. The number of hydrogen-bond acceptors (Lipinski definition) is 5. The van der Waals surface area contributed by atoms with E-state index in [4.69, 9.17) is 4.74 Å². The van der Waals surface area contributed by atoms with E-state index in [2.05, 4.69) is 72.5 Å². The van der Waals surface area contributed by atoms with Crippen LogP contribution in [0.1, 0.15) is 31.2 Å². The number of aromatic nitrogens is 3. The number of methoxy groups -OCH3 is 1. The zero-order chi connectivity index (χ0) is 21.0. The van der Waals surface area contributed by atoms with Crippen molar-refractivity contribution in [1.29, 1.82) is 0 Å². The lowest BCUT2D eigenvalue weighted by Gasteiger charge is -2.33. The number of likely N-dealkylation sites (tertiary alicyclic amines) is 1. The normalized spacial score (nSPS) is 16.0. The number of nitrogens with zero attached hydrogens (tertiary/aromatic N) is 5. The Morgan fingerprint density at radius 1 is 1.23 bits per heavy atom. The van der Waals surface area contributed by atoms with Crippen molar-refractivity contribution in [1.82, 2.24) is 30.3 Å². The molecule has 8 heteroatoms. The molecule has 0 amide bonds. The first-order chi connectivity index (χ1) is 14.8. The molecule has 0 saturated carbocycles. The molecule has 30 heavy (non-hydrogen) atoms. The highest BCUT2D eigenvalue weighted by molar-refractivity contribution is 5.80. The van der Waals surface area contributed by atoms with Gasteiger partial charge in [-0.3, -0.25) is 9.89 Å². The van der Waals surface area contributed by atoms with Crippen molar-refractivity contribution in [3.8, 4) is 0 Å². The van der Waals surface area contributed by atoms with E-state index in [0.29, 0.717) is 19.2 Å². The van der Waals surface area contributed by atoms with Crippen LogP contribution in [0.15, 0.2) is 41.7 Å². The monoisotopic (exact) mass is 413 g/mol. The molecule has 0 unspecified atom stereocenters. The zero-order valence-corrected chi connectivity index (χ0v) is 18.3. The molecule has 1 aliphatic rings. The van der Waals surface area contributed by atoms with Crippen LogP contribution in [-0.2, 0) is 24.2 Å². The molecule has 0 bridgehead atoms. The smallest absolute Gasteiger partial charge is 0.191 e. The van der Waals surface area contributed by atoms with Crippen LogP contribution in [0.25, 0.3) is 0 Å². The summed E-state index contributed by atoms with van der Waals surface area (Å²) in [5, 5.41) is 15.2. The molecule has 1 fully saturated rings. The highest BCUT2D eigenvalue weighted by Crippen LogP contribution is 2.13. The SMILES string of the molecule is CCc1nncn1CCNC(=NCCOC)NC1CCN(Cc2ccccc2)CC1. The molecular formula is C22H35N7O. The van der Waals surface area contributed by atoms with Crippen molar-refractivity contribution < 1.29 is 4.74 Å². The van der Waals surface area contributed by atoms with Crippen LogP contribution >= 0.6 is 0 Å². The summed E-state index contributed by atoms with van der Waals surface area (Å²) in [7, 11) is 1.71. The number of benzene rings is 1. The highest BCUT2D eigenvalue weighted by atomic mass is 16.5. The second-order valence-electron chi connectivity index (χ2n) is 7.62. The molecule has 0 aliphatic carbocycles. The standard InChI is InChI=1S/C22H35N7O/c1-3-21-27-25-18-29(21)15-11-23-22(24-12-16-30-2)26-20-9-13-28(14-10-20)17-19-7-5-4-6-8-19/h4-8,18,20H,3,9-17H2,1-2H3,(H2,23,24,26). The fourth-order valence-corrected chi connectivity index (χ4v) is 3.71. The maximum absolute atomic E-state index is 5.16. The van der Waals surface area contributed by atoms with Crippen molar-refractivity contribution >= 4 is 5.96 Å². The predicted octanol–water partition coefficient (Wildman–Crippen LogP) is 1.69. The molecule has 8 nitrogen and oxygen atoms in total. The fraction of sp³-hybridized carbons (Fsp3) is 0.591. The highest BCUT2D eigenvalue weighted by Gasteiger charge is 2.20. The van der Waals surface area contributed by atoms with E-state index in [1.807, 2.05) is 0 Å². The molecule has 0 radical (unpaired) electrons. The van der Waals surface area contributed by atoms with Gasteiger partial charge in [0.25, 0.3) is 0 Å². The van der Waals surface area contributed by atoms with Crippen molar-refractivity contribution in [2.45, 2.75) is 45.3 Å². The summed E-state index contributed by atoms with van der Waals surface area (Å²) in [5.74, 6) is 1.87. The van der Waals surface area contributed by atoms with Gasteiger partial charge >= 0.3 is 0 Å². The minimum Gasteiger partial charge on any atom is -0.383 e. The van der Waals surface area contributed by atoms with E-state index in [0.717, 1.165) is 63.8 Å². The first kappa shape index (κ1) is 22.2. The topological polar surface area (TPSA) is 79.6 Å². The molecule has 1 aromatic carbocycles. The van der Waals surface area contributed by atoms with Crippen molar-refractivity contribution in [2.24, 2.45) is 4.99 Å². The van der Waals surface area contributed by atoms with Gasteiger partial charge in [0.2, 0.25) is 0 Å². The number of ether oxygens (including phenoxy) is 1. The minimum absolute atomic E-state index is 0.437. The minimum atomic E-state index is 0.437. The Morgan fingerprint density at radius 3 is 2.77 bits per heavy atom. The average Bonchev–Trinajstić information content (AvgIpc) is 3.23. The van der Waals surface area contributed by atoms with Gasteiger partial charge in [0.1, 0.15) is 12.2 Å². The summed E-state index contributed by atoms with van der Waals surface area (Å²) in [6, 6.07) is 11.1. The van der Waals surface area contributed by atoms with Gasteiger partial charge in [-0.05, 0) is 18.4 Å². The van der Waals surface area contributed by atoms with Crippen molar-refractivity contribution in [3.05, 3.63) is 48.0 Å². The number of hydrogen-bond donors (Lipinski definition) is 2. The van der Waals surface area contributed by atoms with Crippen LogP contribution in [0, 0.1) is 0 Å². The Kier molecular flexibility index (Phi) is 9.11. The first-order valence-corrected chi connectivity index (χ1v) is 10.9. The first-order valence-electron chi connectivity index (χ1n) is 10.9. The summed E-state index contributed by atoms with van der Waals surface area (Å²) in [5.41, 5.74) is 1.38. The van der Waals surface area contributed by atoms with Gasteiger partial charge in [-0.1, -0.05) is 37.3 Å². The Bertz CT molecular complexity index is 754. The number of piperidine rings is 1. The van der Waals surface area contributed by atoms with E-state index in [9.17, 15) is 0 Å². The van der Waals surface area contributed by atoms with Gasteiger partial charge in [0.05, 0.1) is 13.2 Å². The van der Waals surface area contributed by atoms with Gasteiger partial charge in [0, 0.05) is 52.3 Å². The van der Waals surface area contributed by atoms with Gasteiger partial charge in [-0.25, -0.2) is 0 Å². The third-order valence-corrected chi connectivity index (χ3v) is 5.40. The van der Waals surface area contributed by atoms with E-state index in [1.54, 1.807) is 13.4 Å². The second-order valence-corrected chi connectivity index (χ2v) is 7.62. The Hall–Kier alpha value is -2.45. The van der Waals surface area contributed by atoms with Gasteiger partial charge in [-0.15, -0.1) is 10.2 Å².